The summed E-state index contributed by atoms with van der Waals surface area (Å²) in [5.41, 5.74) is -0.420. The van der Waals surface area contributed by atoms with Crippen molar-refractivity contribution >= 4 is 29.2 Å². The van der Waals surface area contributed by atoms with E-state index in [2.05, 4.69) is 24.1 Å². The molecule has 7 atom stereocenters. The smallest absolute Gasteiger partial charge is 0.312 e. The van der Waals surface area contributed by atoms with Crippen LogP contribution in [0.25, 0.3) is 0 Å². The molecule has 0 aromatic heterocycles. The Balaban J connectivity index is 1.70. The highest BCUT2D eigenvalue weighted by Crippen LogP contribution is 2.65. The normalized spacial score (nSPS) is 33.4. The minimum absolute atomic E-state index is 0.0657. The Morgan fingerprint density at radius 3 is 2.44 bits per heavy atom. The van der Waals surface area contributed by atoms with Crippen LogP contribution in [-0.4, -0.2) is 77.4 Å². The van der Waals surface area contributed by atoms with Crippen LogP contribution < -0.4 is 10.2 Å². The van der Waals surface area contributed by atoms with E-state index >= 15 is 0 Å². The monoisotopic (exact) mass is 501 g/mol. The molecule has 3 aliphatic heterocycles. The predicted molar refractivity (Wildman–Crippen MR) is 135 cm³/mol. The second kappa shape index (κ2) is 9.67. The Morgan fingerprint density at radius 2 is 1.89 bits per heavy atom. The van der Waals surface area contributed by atoms with E-state index in [0.717, 1.165) is 18.8 Å². The van der Waals surface area contributed by atoms with Crippen molar-refractivity contribution in [2.24, 2.45) is 17.8 Å². The molecule has 9 heteroatoms. The highest BCUT2D eigenvalue weighted by molar-refractivity contribution is 6.03. The number of ether oxygens (including phenoxy) is 2. The Kier molecular flexibility index (Phi) is 7.09. The SMILES string of the molecule is CCOC(=O)[C@H]1[C@H]2C(=O)N([C@H](C)CO)C(C(=O)Nc3ccc(N(CC)CC)cc3)C23CC(C)[C@]1(C)O3. The number of anilines is 2. The summed E-state index contributed by atoms with van der Waals surface area (Å²) in [5.74, 6) is -2.92. The highest BCUT2D eigenvalue weighted by atomic mass is 16.6. The summed E-state index contributed by atoms with van der Waals surface area (Å²) in [6.07, 6.45) is 0.462. The van der Waals surface area contributed by atoms with E-state index in [1.165, 1.54) is 4.90 Å². The molecule has 2 amide bonds. The van der Waals surface area contributed by atoms with Crippen molar-refractivity contribution in [2.75, 3.05) is 36.5 Å². The zero-order valence-corrected chi connectivity index (χ0v) is 22.1. The van der Waals surface area contributed by atoms with Crippen LogP contribution in [0.15, 0.2) is 24.3 Å². The van der Waals surface area contributed by atoms with Gasteiger partial charge in [-0.2, -0.15) is 0 Å². The maximum absolute atomic E-state index is 13.9. The number of nitrogens with one attached hydrogen (secondary N) is 1. The number of carbonyl (C=O) groups is 3. The first-order chi connectivity index (χ1) is 17.1. The summed E-state index contributed by atoms with van der Waals surface area (Å²) in [6, 6.07) is 5.99. The minimum atomic E-state index is -1.17. The van der Waals surface area contributed by atoms with Crippen molar-refractivity contribution in [3.63, 3.8) is 0 Å². The van der Waals surface area contributed by atoms with Gasteiger partial charge in [0.1, 0.15) is 17.6 Å². The van der Waals surface area contributed by atoms with Crippen molar-refractivity contribution in [3.05, 3.63) is 24.3 Å². The topological polar surface area (TPSA) is 108 Å². The maximum Gasteiger partial charge on any atom is 0.312 e. The van der Waals surface area contributed by atoms with Gasteiger partial charge >= 0.3 is 5.97 Å². The van der Waals surface area contributed by atoms with Gasteiger partial charge in [0.2, 0.25) is 11.8 Å². The van der Waals surface area contributed by atoms with Gasteiger partial charge in [-0.3, -0.25) is 14.4 Å². The number of aliphatic hydroxyl groups is 1. The largest absolute Gasteiger partial charge is 0.466 e. The van der Waals surface area contributed by atoms with Gasteiger partial charge in [-0.25, -0.2) is 0 Å². The van der Waals surface area contributed by atoms with Crippen molar-refractivity contribution in [2.45, 2.75) is 71.2 Å². The van der Waals surface area contributed by atoms with Gasteiger partial charge in [-0.1, -0.05) is 6.92 Å². The van der Waals surface area contributed by atoms with E-state index in [1.54, 1.807) is 13.8 Å². The van der Waals surface area contributed by atoms with E-state index in [9.17, 15) is 19.5 Å². The molecule has 0 aliphatic carbocycles. The van der Waals surface area contributed by atoms with Crippen LogP contribution in [0.1, 0.15) is 48.0 Å². The number of likely N-dealkylation sites (tertiary alicyclic amines) is 1. The Hall–Kier alpha value is -2.65. The van der Waals surface area contributed by atoms with Crippen molar-refractivity contribution in [3.8, 4) is 0 Å². The molecule has 0 saturated carbocycles. The van der Waals surface area contributed by atoms with Crippen molar-refractivity contribution < 1.29 is 29.0 Å². The van der Waals surface area contributed by atoms with E-state index in [4.69, 9.17) is 9.47 Å². The molecule has 0 radical (unpaired) electrons. The number of esters is 1. The highest BCUT2D eigenvalue weighted by Gasteiger charge is 2.80. The Morgan fingerprint density at radius 1 is 1.25 bits per heavy atom. The molecule has 2 bridgehead atoms. The average molecular weight is 502 g/mol. The van der Waals surface area contributed by atoms with Gasteiger partial charge in [0, 0.05) is 24.5 Å². The minimum Gasteiger partial charge on any atom is -0.466 e. The third kappa shape index (κ3) is 3.78. The van der Waals surface area contributed by atoms with Crippen LogP contribution in [0.4, 0.5) is 11.4 Å². The first kappa shape index (κ1) is 26.4. The lowest BCUT2D eigenvalue weighted by Crippen LogP contribution is -2.56. The fourth-order valence-corrected chi connectivity index (χ4v) is 6.68. The number of nitrogens with zero attached hydrogens (tertiary/aromatic N) is 2. The van der Waals surface area contributed by atoms with Crippen LogP contribution in [0, 0.1) is 17.8 Å². The number of aliphatic hydroxyl groups excluding tert-OH is 1. The Bertz CT molecular complexity index is 1010. The number of benzene rings is 1. The zero-order valence-electron chi connectivity index (χ0n) is 22.1. The molecule has 3 fully saturated rings. The van der Waals surface area contributed by atoms with Gasteiger partial charge in [-0.05, 0) is 71.2 Å². The van der Waals surface area contributed by atoms with Crippen LogP contribution >= 0.6 is 0 Å². The number of hydrogen-bond donors (Lipinski definition) is 2. The summed E-state index contributed by atoms with van der Waals surface area (Å²) < 4.78 is 12.0. The maximum atomic E-state index is 13.9. The lowest BCUT2D eigenvalue weighted by molar-refractivity contribution is -0.161. The summed E-state index contributed by atoms with van der Waals surface area (Å²) in [5, 5.41) is 12.9. The molecule has 3 unspecified atom stereocenters. The fraction of sp³-hybridized carbons (Fsp3) is 0.667. The number of fused-ring (bicyclic) bond motifs is 1. The molecule has 9 nitrogen and oxygen atoms in total. The molecule has 198 valence electrons. The van der Waals surface area contributed by atoms with E-state index in [0.29, 0.717) is 12.1 Å². The molecule has 1 spiro atoms. The standard InChI is InChI=1S/C27H39N3O6/c1-7-29(8-2)19-12-10-18(11-13-19)28-23(32)22-27-14-16(4)26(6,36-27)21(25(34)35-9-3)20(27)24(33)30(22)17(5)15-31/h10-13,16-17,20-22,31H,7-9,14-15H2,1-6H3,(H,28,32)/t16?,17-,20+,21-,22?,26+,27?/m1/s1. The first-order valence-electron chi connectivity index (χ1n) is 13.0. The molecule has 2 N–H and O–H groups in total. The molecule has 1 aromatic rings. The average Bonchev–Trinajstić information content (AvgIpc) is 3.37. The van der Waals surface area contributed by atoms with E-state index < -0.39 is 41.1 Å². The third-order valence-corrected chi connectivity index (χ3v) is 8.54. The van der Waals surface area contributed by atoms with Crippen LogP contribution in [-0.2, 0) is 23.9 Å². The lowest BCUT2D eigenvalue weighted by atomic mass is 9.62. The molecule has 4 rings (SSSR count). The number of carbonyl (C=O) groups excluding carboxylic acids is 3. The quantitative estimate of drug-likeness (QED) is 0.500. The van der Waals surface area contributed by atoms with E-state index in [1.807, 2.05) is 38.1 Å². The molecular formula is C27H39N3O6. The molecule has 3 aliphatic rings. The summed E-state index contributed by atoms with van der Waals surface area (Å²) >= 11 is 0. The molecule has 3 saturated heterocycles. The second-order valence-electron chi connectivity index (χ2n) is 10.4. The van der Waals surface area contributed by atoms with Crippen LogP contribution in [0.5, 0.6) is 0 Å². The molecular weight excluding hydrogens is 462 g/mol. The fourth-order valence-electron chi connectivity index (χ4n) is 6.68. The predicted octanol–water partition coefficient (Wildman–Crippen LogP) is 2.43. The van der Waals surface area contributed by atoms with Gasteiger partial charge in [0.25, 0.3) is 0 Å². The van der Waals surface area contributed by atoms with Gasteiger partial charge in [0.15, 0.2) is 0 Å². The van der Waals surface area contributed by atoms with Gasteiger partial charge < -0.3 is 29.7 Å². The number of amides is 2. The van der Waals surface area contributed by atoms with Crippen molar-refractivity contribution in [1.29, 1.82) is 0 Å². The molecule has 3 heterocycles. The summed E-state index contributed by atoms with van der Waals surface area (Å²) in [4.78, 5) is 44.4. The Labute approximate surface area is 213 Å². The second-order valence-corrected chi connectivity index (χ2v) is 10.4. The summed E-state index contributed by atoms with van der Waals surface area (Å²) in [6.45, 7) is 13.1. The van der Waals surface area contributed by atoms with Crippen LogP contribution in [0.3, 0.4) is 0 Å². The summed E-state index contributed by atoms with van der Waals surface area (Å²) in [7, 11) is 0. The molecule has 36 heavy (non-hydrogen) atoms. The number of hydrogen-bond acceptors (Lipinski definition) is 7. The first-order valence-corrected chi connectivity index (χ1v) is 13.0. The third-order valence-electron chi connectivity index (χ3n) is 8.54. The zero-order chi connectivity index (χ0) is 26.4. The van der Waals surface area contributed by atoms with Crippen LogP contribution in [0.2, 0.25) is 0 Å². The lowest BCUT2D eigenvalue weighted by Gasteiger charge is -2.36. The van der Waals surface area contributed by atoms with Crippen molar-refractivity contribution in [1.82, 2.24) is 4.90 Å². The van der Waals surface area contributed by atoms with Gasteiger partial charge in [0.05, 0.1) is 30.8 Å². The van der Waals surface area contributed by atoms with E-state index in [-0.39, 0.29) is 30.9 Å². The number of rotatable bonds is 9. The molecule has 1 aromatic carbocycles. The van der Waals surface area contributed by atoms with Gasteiger partial charge in [-0.15, -0.1) is 0 Å².